The first-order chi connectivity index (χ1) is 7.36. The normalized spacial score (nSPS) is 16.9. The molecular formula is C12H10O3. The molecule has 1 aromatic carbocycles. The number of ether oxygens (including phenoxy) is 2. The zero-order valence-electron chi connectivity index (χ0n) is 8.16. The van der Waals surface area contributed by atoms with E-state index in [4.69, 9.17) is 9.47 Å². The highest BCUT2D eigenvalue weighted by molar-refractivity contribution is 5.84. The van der Waals surface area contributed by atoms with Crippen molar-refractivity contribution in [2.24, 2.45) is 0 Å². The van der Waals surface area contributed by atoms with Crippen LogP contribution in [0.15, 0.2) is 17.7 Å². The maximum absolute atomic E-state index is 10.7. The number of hydrogen-bond donors (Lipinski definition) is 0. The molecule has 1 aliphatic heterocycles. The zero-order valence-corrected chi connectivity index (χ0v) is 8.16. The Balaban J connectivity index is 2.12. The van der Waals surface area contributed by atoms with Crippen molar-refractivity contribution >= 4 is 12.4 Å². The molecule has 0 aromatic heterocycles. The second-order valence-corrected chi connectivity index (χ2v) is 3.74. The van der Waals surface area contributed by atoms with E-state index in [0.29, 0.717) is 6.79 Å². The van der Waals surface area contributed by atoms with Gasteiger partial charge in [-0.3, -0.25) is 4.79 Å². The van der Waals surface area contributed by atoms with E-state index < -0.39 is 0 Å². The Morgan fingerprint density at radius 2 is 1.93 bits per heavy atom. The third kappa shape index (κ3) is 1.31. The summed E-state index contributed by atoms with van der Waals surface area (Å²) < 4.78 is 10.6. The minimum Gasteiger partial charge on any atom is -0.454 e. The van der Waals surface area contributed by atoms with E-state index in [-0.39, 0.29) is 0 Å². The monoisotopic (exact) mass is 202 g/mol. The topological polar surface area (TPSA) is 35.5 Å². The standard InChI is InChI=1S/C12H10O3/c13-6-8-1-2-9-4-11-12(15-7-14-11)5-10(9)3-8/h3-6H,1-2,7H2. The Labute approximate surface area is 87.3 Å². The van der Waals surface area contributed by atoms with Crippen LogP contribution < -0.4 is 9.47 Å². The Hall–Kier alpha value is -1.77. The van der Waals surface area contributed by atoms with Crippen LogP contribution in [0.3, 0.4) is 0 Å². The number of hydrogen-bond acceptors (Lipinski definition) is 3. The van der Waals surface area contributed by atoms with Crippen molar-refractivity contribution in [1.29, 1.82) is 0 Å². The first-order valence-electron chi connectivity index (χ1n) is 4.95. The van der Waals surface area contributed by atoms with Gasteiger partial charge in [-0.15, -0.1) is 0 Å². The van der Waals surface area contributed by atoms with Crippen molar-refractivity contribution in [3.05, 3.63) is 28.8 Å². The van der Waals surface area contributed by atoms with Gasteiger partial charge in [0.2, 0.25) is 6.79 Å². The fourth-order valence-corrected chi connectivity index (χ4v) is 1.99. The summed E-state index contributed by atoms with van der Waals surface area (Å²) in [7, 11) is 0. The predicted octanol–water partition coefficient (Wildman–Crippen LogP) is 1.94. The first kappa shape index (κ1) is 8.53. The molecule has 1 aliphatic carbocycles. The summed E-state index contributed by atoms with van der Waals surface area (Å²) in [6.07, 6.45) is 4.56. The van der Waals surface area contributed by atoms with Crippen LogP contribution in [0.2, 0.25) is 0 Å². The van der Waals surface area contributed by atoms with Crippen LogP contribution in [0, 0.1) is 0 Å². The molecule has 0 unspecified atom stereocenters. The number of rotatable bonds is 1. The molecule has 3 rings (SSSR count). The molecule has 3 nitrogen and oxygen atoms in total. The highest BCUT2D eigenvalue weighted by Crippen LogP contribution is 2.37. The molecule has 15 heavy (non-hydrogen) atoms. The number of carbonyl (C=O) groups excluding carboxylic acids is 1. The number of carbonyl (C=O) groups is 1. The molecule has 0 amide bonds. The number of fused-ring (bicyclic) bond motifs is 2. The maximum Gasteiger partial charge on any atom is 0.231 e. The van der Waals surface area contributed by atoms with Gasteiger partial charge in [0.05, 0.1) is 0 Å². The number of aryl methyl sites for hydroxylation is 1. The highest BCUT2D eigenvalue weighted by atomic mass is 16.7. The van der Waals surface area contributed by atoms with E-state index in [2.05, 4.69) is 0 Å². The second kappa shape index (κ2) is 3.12. The van der Waals surface area contributed by atoms with Crippen molar-refractivity contribution in [3.63, 3.8) is 0 Å². The van der Waals surface area contributed by atoms with Crippen molar-refractivity contribution < 1.29 is 14.3 Å². The fourth-order valence-electron chi connectivity index (χ4n) is 1.99. The molecule has 0 spiro atoms. The molecular weight excluding hydrogens is 192 g/mol. The highest BCUT2D eigenvalue weighted by Gasteiger charge is 2.18. The minimum absolute atomic E-state index is 0.294. The van der Waals surface area contributed by atoms with Crippen LogP contribution in [-0.4, -0.2) is 13.1 Å². The van der Waals surface area contributed by atoms with Gasteiger partial charge in [-0.2, -0.15) is 0 Å². The quantitative estimate of drug-likeness (QED) is 0.653. The molecule has 1 heterocycles. The third-order valence-corrected chi connectivity index (χ3v) is 2.81. The van der Waals surface area contributed by atoms with Gasteiger partial charge in [0.1, 0.15) is 6.29 Å². The molecule has 0 N–H and O–H groups in total. The third-order valence-electron chi connectivity index (χ3n) is 2.81. The van der Waals surface area contributed by atoms with E-state index in [1.807, 2.05) is 18.2 Å². The summed E-state index contributed by atoms with van der Waals surface area (Å²) in [5.41, 5.74) is 3.15. The van der Waals surface area contributed by atoms with Gasteiger partial charge in [-0.25, -0.2) is 0 Å². The average molecular weight is 202 g/mol. The molecule has 76 valence electrons. The van der Waals surface area contributed by atoms with E-state index >= 15 is 0 Å². The van der Waals surface area contributed by atoms with E-state index in [9.17, 15) is 4.79 Å². The summed E-state index contributed by atoms with van der Waals surface area (Å²) in [6, 6.07) is 3.95. The number of benzene rings is 1. The van der Waals surface area contributed by atoms with Gasteiger partial charge >= 0.3 is 0 Å². The summed E-state index contributed by atoms with van der Waals surface area (Å²) >= 11 is 0. The van der Waals surface area contributed by atoms with Crippen LogP contribution in [0.4, 0.5) is 0 Å². The first-order valence-corrected chi connectivity index (χ1v) is 4.95. The molecule has 0 bridgehead atoms. The Morgan fingerprint density at radius 3 is 2.73 bits per heavy atom. The molecule has 0 radical (unpaired) electrons. The average Bonchev–Trinajstić information content (AvgIpc) is 2.72. The molecule has 3 heteroatoms. The van der Waals surface area contributed by atoms with Gasteiger partial charge in [-0.1, -0.05) is 0 Å². The van der Waals surface area contributed by atoms with Crippen molar-refractivity contribution in [3.8, 4) is 11.5 Å². The summed E-state index contributed by atoms with van der Waals surface area (Å²) in [5, 5.41) is 0. The Kier molecular flexibility index (Phi) is 1.78. The summed E-state index contributed by atoms with van der Waals surface area (Å²) in [5.74, 6) is 1.59. The van der Waals surface area contributed by atoms with Crippen molar-refractivity contribution in [2.45, 2.75) is 12.8 Å². The maximum atomic E-state index is 10.7. The molecule has 0 fully saturated rings. The lowest BCUT2D eigenvalue weighted by Gasteiger charge is -2.13. The van der Waals surface area contributed by atoms with Crippen molar-refractivity contribution in [2.75, 3.05) is 6.79 Å². The lowest BCUT2D eigenvalue weighted by molar-refractivity contribution is -0.105. The predicted molar refractivity (Wildman–Crippen MR) is 54.9 cm³/mol. The number of allylic oxidation sites excluding steroid dienone is 1. The zero-order chi connectivity index (χ0) is 10.3. The van der Waals surface area contributed by atoms with Gasteiger partial charge in [0, 0.05) is 0 Å². The molecule has 0 saturated heterocycles. The van der Waals surface area contributed by atoms with Crippen molar-refractivity contribution in [1.82, 2.24) is 0 Å². The van der Waals surface area contributed by atoms with Gasteiger partial charge in [0.25, 0.3) is 0 Å². The van der Waals surface area contributed by atoms with Crippen LogP contribution in [-0.2, 0) is 11.2 Å². The molecule has 1 aromatic rings. The van der Waals surface area contributed by atoms with Crippen LogP contribution in [0.25, 0.3) is 6.08 Å². The molecule has 0 saturated carbocycles. The Bertz CT molecular complexity index is 460. The molecule has 2 aliphatic rings. The van der Waals surface area contributed by atoms with E-state index in [0.717, 1.165) is 41.8 Å². The lowest BCUT2D eigenvalue weighted by Crippen LogP contribution is -2.00. The Morgan fingerprint density at radius 1 is 1.13 bits per heavy atom. The van der Waals surface area contributed by atoms with Crippen LogP contribution in [0.1, 0.15) is 17.5 Å². The van der Waals surface area contributed by atoms with Crippen LogP contribution in [0.5, 0.6) is 11.5 Å². The summed E-state index contributed by atoms with van der Waals surface area (Å²) in [4.78, 5) is 10.7. The largest absolute Gasteiger partial charge is 0.454 e. The number of aldehydes is 1. The minimum atomic E-state index is 0.294. The van der Waals surface area contributed by atoms with Gasteiger partial charge < -0.3 is 9.47 Å². The van der Waals surface area contributed by atoms with Gasteiger partial charge in [0.15, 0.2) is 11.5 Å². The fraction of sp³-hybridized carbons (Fsp3) is 0.250. The summed E-state index contributed by atoms with van der Waals surface area (Å²) in [6.45, 7) is 0.294. The molecule has 0 atom stereocenters. The second-order valence-electron chi connectivity index (χ2n) is 3.74. The van der Waals surface area contributed by atoms with E-state index in [1.54, 1.807) is 0 Å². The van der Waals surface area contributed by atoms with E-state index in [1.165, 1.54) is 5.56 Å². The van der Waals surface area contributed by atoms with Gasteiger partial charge in [-0.05, 0) is 47.8 Å². The van der Waals surface area contributed by atoms with Crippen LogP contribution >= 0.6 is 0 Å². The smallest absolute Gasteiger partial charge is 0.231 e. The SMILES string of the molecule is O=CC1=Cc2cc3c(cc2CC1)OCO3. The lowest BCUT2D eigenvalue weighted by atomic mass is 9.92.